The fourth-order valence-electron chi connectivity index (χ4n) is 4.78. The third kappa shape index (κ3) is 4.24. The molecule has 2 aromatic heterocycles. The number of hydrogen-bond donors (Lipinski definition) is 1. The number of fused-ring (bicyclic) bond motifs is 1. The number of benzene rings is 1. The molecule has 2 aliphatic rings. The van der Waals surface area contributed by atoms with E-state index >= 15 is 0 Å². The number of aromatic nitrogens is 4. The summed E-state index contributed by atoms with van der Waals surface area (Å²) < 4.78 is 1.88. The van der Waals surface area contributed by atoms with Gasteiger partial charge in [0.1, 0.15) is 5.82 Å². The molecule has 0 unspecified atom stereocenters. The lowest BCUT2D eigenvalue weighted by molar-refractivity contribution is -0.125. The van der Waals surface area contributed by atoms with Crippen LogP contribution in [0, 0.1) is 5.92 Å². The standard InChI is InChI=1S/C25H30N6O/c1-2-31-16-18(15-27-31)14-26-25(32)20-10-7-13-30(17-20)24-21-11-6-12-22(21)28-23(29-24)19-8-4-3-5-9-19/h3-5,8-9,15-16,20H,2,6-7,10-14,17H2,1H3,(H,26,32)/t20-/m0/s1. The molecule has 166 valence electrons. The minimum absolute atomic E-state index is 0.0304. The average Bonchev–Trinajstić information content (AvgIpc) is 3.52. The van der Waals surface area contributed by atoms with Crippen LogP contribution in [0.25, 0.3) is 11.4 Å². The SMILES string of the molecule is CCn1cc(CNC(=O)[C@H]2CCCN(c3nc(-c4ccccc4)nc4c3CCC4)C2)cn1. The number of amides is 1. The van der Waals surface area contributed by atoms with Crippen molar-refractivity contribution in [1.29, 1.82) is 0 Å². The molecule has 1 saturated heterocycles. The van der Waals surface area contributed by atoms with Gasteiger partial charge in [0, 0.05) is 54.8 Å². The molecule has 1 atom stereocenters. The third-order valence-corrected chi connectivity index (χ3v) is 6.51. The molecule has 0 radical (unpaired) electrons. The van der Waals surface area contributed by atoms with Gasteiger partial charge in [-0.3, -0.25) is 9.48 Å². The first-order valence-electron chi connectivity index (χ1n) is 11.7. The van der Waals surface area contributed by atoms with E-state index < -0.39 is 0 Å². The summed E-state index contributed by atoms with van der Waals surface area (Å²) in [5.74, 6) is 1.92. The summed E-state index contributed by atoms with van der Waals surface area (Å²) in [7, 11) is 0. The Bertz CT molecular complexity index is 1090. The molecule has 3 heterocycles. The molecular formula is C25H30N6O. The van der Waals surface area contributed by atoms with Crippen molar-refractivity contribution in [2.75, 3.05) is 18.0 Å². The molecule has 0 saturated carbocycles. The van der Waals surface area contributed by atoms with Crippen molar-refractivity contribution in [1.82, 2.24) is 25.1 Å². The first-order chi connectivity index (χ1) is 15.7. The Kier molecular flexibility index (Phi) is 5.88. The van der Waals surface area contributed by atoms with E-state index in [4.69, 9.17) is 9.97 Å². The van der Waals surface area contributed by atoms with Gasteiger partial charge in [0.2, 0.25) is 5.91 Å². The number of carbonyl (C=O) groups excluding carboxylic acids is 1. The molecule has 0 bridgehead atoms. The molecule has 0 spiro atoms. The van der Waals surface area contributed by atoms with E-state index in [-0.39, 0.29) is 11.8 Å². The van der Waals surface area contributed by atoms with Crippen LogP contribution < -0.4 is 10.2 Å². The highest BCUT2D eigenvalue weighted by molar-refractivity contribution is 5.79. The third-order valence-electron chi connectivity index (χ3n) is 6.51. The molecule has 7 heteroatoms. The maximum Gasteiger partial charge on any atom is 0.225 e. The van der Waals surface area contributed by atoms with E-state index in [0.29, 0.717) is 13.1 Å². The van der Waals surface area contributed by atoms with Crippen LogP contribution in [0.1, 0.15) is 43.0 Å². The Labute approximate surface area is 188 Å². The Morgan fingerprint density at radius 3 is 2.84 bits per heavy atom. The number of anilines is 1. The second-order valence-electron chi connectivity index (χ2n) is 8.72. The van der Waals surface area contributed by atoms with Gasteiger partial charge < -0.3 is 10.2 Å². The van der Waals surface area contributed by atoms with Crippen LogP contribution >= 0.6 is 0 Å². The maximum absolute atomic E-state index is 12.9. The number of rotatable bonds is 6. The van der Waals surface area contributed by atoms with Crippen LogP contribution in [0.4, 0.5) is 5.82 Å². The summed E-state index contributed by atoms with van der Waals surface area (Å²) in [5.41, 5.74) is 4.53. The first-order valence-corrected chi connectivity index (χ1v) is 11.7. The van der Waals surface area contributed by atoms with Gasteiger partial charge in [-0.15, -0.1) is 0 Å². The van der Waals surface area contributed by atoms with E-state index in [9.17, 15) is 4.79 Å². The van der Waals surface area contributed by atoms with E-state index in [2.05, 4.69) is 34.4 Å². The smallest absolute Gasteiger partial charge is 0.225 e. The fraction of sp³-hybridized carbons (Fsp3) is 0.440. The van der Waals surface area contributed by atoms with Gasteiger partial charge in [-0.1, -0.05) is 30.3 Å². The molecule has 7 nitrogen and oxygen atoms in total. The monoisotopic (exact) mass is 430 g/mol. The van der Waals surface area contributed by atoms with Crippen LogP contribution in [0.2, 0.25) is 0 Å². The highest BCUT2D eigenvalue weighted by atomic mass is 16.1. The molecule has 1 aliphatic carbocycles. The van der Waals surface area contributed by atoms with Crippen LogP contribution in [-0.2, 0) is 30.7 Å². The van der Waals surface area contributed by atoms with Crippen LogP contribution in [0.3, 0.4) is 0 Å². The van der Waals surface area contributed by atoms with Crippen LogP contribution in [0.15, 0.2) is 42.7 Å². The topological polar surface area (TPSA) is 75.9 Å². The van der Waals surface area contributed by atoms with E-state index in [0.717, 1.165) is 68.0 Å². The summed E-state index contributed by atoms with van der Waals surface area (Å²) in [6.45, 7) is 5.05. The van der Waals surface area contributed by atoms with Crippen molar-refractivity contribution in [2.24, 2.45) is 5.92 Å². The van der Waals surface area contributed by atoms with Crippen molar-refractivity contribution in [3.8, 4) is 11.4 Å². The molecule has 1 aromatic carbocycles. The summed E-state index contributed by atoms with van der Waals surface area (Å²) in [4.78, 5) is 25.2. The summed E-state index contributed by atoms with van der Waals surface area (Å²) in [6, 6.07) is 10.2. The number of hydrogen-bond acceptors (Lipinski definition) is 5. The summed E-state index contributed by atoms with van der Waals surface area (Å²) in [6.07, 6.45) is 8.87. The lowest BCUT2D eigenvalue weighted by atomic mass is 9.96. The zero-order valence-corrected chi connectivity index (χ0v) is 18.6. The number of carbonyl (C=O) groups is 1. The lowest BCUT2D eigenvalue weighted by Gasteiger charge is -2.34. The second kappa shape index (κ2) is 9.10. The molecule has 1 aliphatic heterocycles. The van der Waals surface area contributed by atoms with Gasteiger partial charge in [-0.25, -0.2) is 9.97 Å². The maximum atomic E-state index is 12.9. The van der Waals surface area contributed by atoms with E-state index in [1.165, 1.54) is 11.3 Å². The Morgan fingerprint density at radius 1 is 1.16 bits per heavy atom. The van der Waals surface area contributed by atoms with Gasteiger partial charge >= 0.3 is 0 Å². The van der Waals surface area contributed by atoms with Crippen molar-refractivity contribution in [2.45, 2.75) is 52.1 Å². The molecule has 32 heavy (non-hydrogen) atoms. The molecular weight excluding hydrogens is 400 g/mol. The minimum Gasteiger partial charge on any atom is -0.355 e. The quantitative estimate of drug-likeness (QED) is 0.649. The Balaban J connectivity index is 1.32. The number of nitrogens with zero attached hydrogens (tertiary/aromatic N) is 5. The Hall–Kier alpha value is -3.22. The highest BCUT2D eigenvalue weighted by Crippen LogP contribution is 2.33. The predicted molar refractivity (Wildman–Crippen MR) is 124 cm³/mol. The molecule has 1 amide bonds. The van der Waals surface area contributed by atoms with Crippen molar-refractivity contribution in [3.05, 3.63) is 59.5 Å². The fourth-order valence-corrected chi connectivity index (χ4v) is 4.78. The predicted octanol–water partition coefficient (Wildman–Crippen LogP) is 3.38. The van der Waals surface area contributed by atoms with Crippen molar-refractivity contribution in [3.63, 3.8) is 0 Å². The largest absolute Gasteiger partial charge is 0.355 e. The van der Waals surface area contributed by atoms with E-state index in [1.54, 1.807) is 0 Å². The Morgan fingerprint density at radius 2 is 2.03 bits per heavy atom. The zero-order valence-electron chi connectivity index (χ0n) is 18.6. The normalized spacial score (nSPS) is 17.9. The minimum atomic E-state index is -0.0304. The summed E-state index contributed by atoms with van der Waals surface area (Å²) >= 11 is 0. The molecule has 1 fully saturated rings. The number of piperidine rings is 1. The van der Waals surface area contributed by atoms with Gasteiger partial charge in [-0.2, -0.15) is 5.10 Å². The molecule has 1 N–H and O–H groups in total. The first kappa shape index (κ1) is 20.7. The summed E-state index contributed by atoms with van der Waals surface area (Å²) in [5, 5.41) is 7.40. The highest BCUT2D eigenvalue weighted by Gasteiger charge is 2.30. The molecule has 5 rings (SSSR count). The van der Waals surface area contributed by atoms with Crippen molar-refractivity contribution < 1.29 is 4.79 Å². The average molecular weight is 431 g/mol. The van der Waals surface area contributed by atoms with Gasteiger partial charge in [0.15, 0.2) is 5.82 Å². The van der Waals surface area contributed by atoms with Gasteiger partial charge in [0.25, 0.3) is 0 Å². The molecule has 3 aromatic rings. The van der Waals surface area contributed by atoms with Crippen LogP contribution in [0.5, 0.6) is 0 Å². The number of aryl methyl sites for hydroxylation is 2. The van der Waals surface area contributed by atoms with Crippen LogP contribution in [-0.4, -0.2) is 38.7 Å². The zero-order chi connectivity index (χ0) is 21.9. The van der Waals surface area contributed by atoms with E-state index in [1.807, 2.05) is 35.3 Å². The number of nitrogens with one attached hydrogen (secondary N) is 1. The second-order valence-corrected chi connectivity index (χ2v) is 8.72. The lowest BCUT2D eigenvalue weighted by Crippen LogP contribution is -2.43. The van der Waals surface area contributed by atoms with Gasteiger partial charge in [0.05, 0.1) is 12.1 Å². The van der Waals surface area contributed by atoms with Crippen molar-refractivity contribution >= 4 is 11.7 Å². The van der Waals surface area contributed by atoms with Gasteiger partial charge in [-0.05, 0) is 39.0 Å².